The van der Waals surface area contributed by atoms with Crippen LogP contribution in [0.25, 0.3) is 0 Å². The first-order chi connectivity index (χ1) is 21.9. The van der Waals surface area contributed by atoms with Crippen molar-refractivity contribution in [3.63, 3.8) is 0 Å². The van der Waals surface area contributed by atoms with Crippen molar-refractivity contribution < 1.29 is 37.4 Å². The van der Waals surface area contributed by atoms with Gasteiger partial charge in [-0.2, -0.15) is 13.2 Å². The van der Waals surface area contributed by atoms with Crippen molar-refractivity contribution in [1.82, 2.24) is 15.5 Å². The maximum Gasteiger partial charge on any atom is 0.416 e. The van der Waals surface area contributed by atoms with Gasteiger partial charge in [0, 0.05) is 12.2 Å². The smallest absolute Gasteiger partial charge is 0.416 e. The molecule has 9 nitrogen and oxygen atoms in total. The van der Waals surface area contributed by atoms with Gasteiger partial charge in [0.1, 0.15) is 12.6 Å². The second-order valence-electron chi connectivity index (χ2n) is 13.7. The van der Waals surface area contributed by atoms with Gasteiger partial charge in [0.2, 0.25) is 5.91 Å². The summed E-state index contributed by atoms with van der Waals surface area (Å²) in [5, 5.41) is 19.2. The highest BCUT2D eigenvalue weighted by molar-refractivity contribution is 5.97. The number of aliphatic hydroxyl groups excluding tert-OH is 1. The molecule has 1 aliphatic heterocycles. The predicted octanol–water partition coefficient (Wildman–Crippen LogP) is 5.17. The van der Waals surface area contributed by atoms with Crippen molar-refractivity contribution in [3.05, 3.63) is 65.2 Å². The van der Waals surface area contributed by atoms with E-state index in [1.54, 1.807) is 18.2 Å². The van der Waals surface area contributed by atoms with Crippen LogP contribution in [0.4, 0.5) is 28.4 Å². The van der Waals surface area contributed by atoms with Crippen LogP contribution in [-0.2, 0) is 29.0 Å². The molecule has 2 unspecified atom stereocenters. The topological polar surface area (TPSA) is 120 Å². The van der Waals surface area contributed by atoms with Gasteiger partial charge in [0.25, 0.3) is 0 Å². The Bertz CT molecular complexity index is 1450. The van der Waals surface area contributed by atoms with Crippen LogP contribution in [0.1, 0.15) is 56.2 Å². The van der Waals surface area contributed by atoms with E-state index in [2.05, 4.69) is 16.0 Å². The predicted molar refractivity (Wildman–Crippen MR) is 164 cm³/mol. The number of carbonyl (C=O) groups excluding carboxylic acids is 3. The third-order valence-corrected chi connectivity index (χ3v) is 10.0. The number of alkyl carbamates (subject to hydrolysis) is 1. The average molecular weight is 643 g/mol. The molecular formula is C34H41F3N4O5. The fourth-order valence-electron chi connectivity index (χ4n) is 7.26. The molecule has 248 valence electrons. The molecule has 2 aromatic carbocycles. The van der Waals surface area contributed by atoms with E-state index in [9.17, 15) is 32.7 Å². The SMILES string of the molecule is CC(C)[C@@H]1CN(C2(C(O)C(F)(F)F)Cc3ccc(NC(=O)[C@@H](NC(=O)OCc4ccccc4)C(C4CC4)C4CC4)cc3C2)C(=O)N1. The summed E-state index contributed by atoms with van der Waals surface area (Å²) < 4.78 is 47.8. The molecule has 4 aliphatic rings. The molecule has 12 heteroatoms. The molecule has 0 spiro atoms. The number of rotatable bonds is 11. The molecule has 0 bridgehead atoms. The summed E-state index contributed by atoms with van der Waals surface area (Å²) in [5.41, 5.74) is 0.328. The number of benzene rings is 2. The van der Waals surface area contributed by atoms with Crippen molar-refractivity contribution in [2.75, 3.05) is 11.9 Å². The number of aliphatic hydroxyl groups is 1. The van der Waals surface area contributed by atoms with Gasteiger partial charge < -0.3 is 30.7 Å². The molecule has 2 saturated carbocycles. The first-order valence-corrected chi connectivity index (χ1v) is 16.1. The molecule has 0 aromatic heterocycles. The van der Waals surface area contributed by atoms with Crippen molar-refractivity contribution in [2.24, 2.45) is 23.7 Å². The Morgan fingerprint density at radius 1 is 1.04 bits per heavy atom. The quantitative estimate of drug-likeness (QED) is 0.270. The Kier molecular flexibility index (Phi) is 8.69. The minimum atomic E-state index is -4.95. The van der Waals surface area contributed by atoms with Gasteiger partial charge in [-0.05, 0) is 91.0 Å². The first kappa shape index (κ1) is 32.2. The molecule has 6 rings (SSSR count). The Labute approximate surface area is 266 Å². The van der Waals surface area contributed by atoms with Crippen molar-refractivity contribution in [1.29, 1.82) is 0 Å². The van der Waals surface area contributed by atoms with Crippen LogP contribution >= 0.6 is 0 Å². The summed E-state index contributed by atoms with van der Waals surface area (Å²) in [5.74, 6) is 0.174. The number of amides is 4. The molecule has 4 N–H and O–H groups in total. The molecule has 3 aliphatic carbocycles. The van der Waals surface area contributed by atoms with E-state index in [1.807, 2.05) is 44.2 Å². The summed E-state index contributed by atoms with van der Waals surface area (Å²) >= 11 is 0. The van der Waals surface area contributed by atoms with Gasteiger partial charge in [-0.25, -0.2) is 9.59 Å². The highest BCUT2D eigenvalue weighted by Crippen LogP contribution is 2.51. The summed E-state index contributed by atoms with van der Waals surface area (Å²) in [6.07, 6.45) is -4.90. The van der Waals surface area contributed by atoms with Gasteiger partial charge in [-0.3, -0.25) is 4.79 Å². The zero-order chi connectivity index (χ0) is 32.8. The number of urea groups is 1. The van der Waals surface area contributed by atoms with Crippen molar-refractivity contribution in [2.45, 2.75) is 88.9 Å². The number of hydrogen-bond acceptors (Lipinski definition) is 5. The Morgan fingerprint density at radius 2 is 1.70 bits per heavy atom. The zero-order valence-electron chi connectivity index (χ0n) is 26.0. The van der Waals surface area contributed by atoms with Crippen LogP contribution in [0.15, 0.2) is 48.5 Å². The fraction of sp³-hybridized carbons (Fsp3) is 0.559. The van der Waals surface area contributed by atoms with Crippen LogP contribution in [0.2, 0.25) is 0 Å². The number of carbonyl (C=O) groups is 3. The molecular weight excluding hydrogens is 601 g/mol. The van der Waals surface area contributed by atoms with Gasteiger partial charge in [0.05, 0.1) is 11.6 Å². The number of ether oxygens (including phenoxy) is 1. The van der Waals surface area contributed by atoms with E-state index in [0.29, 0.717) is 28.7 Å². The van der Waals surface area contributed by atoms with Gasteiger partial charge in [-0.15, -0.1) is 0 Å². The lowest BCUT2D eigenvalue weighted by atomic mass is 9.86. The summed E-state index contributed by atoms with van der Waals surface area (Å²) in [4.78, 5) is 40.8. The molecule has 2 aromatic rings. The minimum Gasteiger partial charge on any atom is -0.445 e. The lowest BCUT2D eigenvalue weighted by molar-refractivity contribution is -0.236. The Morgan fingerprint density at radius 3 is 2.28 bits per heavy atom. The summed E-state index contributed by atoms with van der Waals surface area (Å²) in [6, 6.07) is 12.3. The molecule has 4 amide bonds. The second kappa shape index (κ2) is 12.4. The average Bonchev–Trinajstić information content (AvgIpc) is 3.95. The van der Waals surface area contributed by atoms with Crippen LogP contribution in [-0.4, -0.2) is 64.5 Å². The largest absolute Gasteiger partial charge is 0.445 e. The van der Waals surface area contributed by atoms with Crippen LogP contribution in [0, 0.1) is 23.7 Å². The van der Waals surface area contributed by atoms with Crippen molar-refractivity contribution >= 4 is 23.7 Å². The highest BCUT2D eigenvalue weighted by atomic mass is 19.4. The van der Waals surface area contributed by atoms with E-state index in [1.165, 1.54) is 0 Å². The van der Waals surface area contributed by atoms with E-state index in [-0.39, 0.29) is 43.9 Å². The number of nitrogens with zero attached hydrogens (tertiary/aromatic N) is 1. The third-order valence-electron chi connectivity index (χ3n) is 10.0. The van der Waals surface area contributed by atoms with E-state index < -0.39 is 41.9 Å². The minimum absolute atomic E-state index is 0.00750. The van der Waals surface area contributed by atoms with Crippen LogP contribution in [0.5, 0.6) is 0 Å². The summed E-state index contributed by atoms with van der Waals surface area (Å²) in [7, 11) is 0. The molecule has 3 fully saturated rings. The Hall–Kier alpha value is -3.80. The second-order valence-corrected chi connectivity index (χ2v) is 13.7. The number of nitrogens with one attached hydrogen (secondary N) is 3. The number of alkyl halides is 3. The van der Waals surface area contributed by atoms with Gasteiger partial charge in [0.15, 0.2) is 6.10 Å². The van der Waals surface area contributed by atoms with E-state index in [4.69, 9.17) is 4.74 Å². The van der Waals surface area contributed by atoms with E-state index >= 15 is 0 Å². The molecule has 46 heavy (non-hydrogen) atoms. The maximum absolute atomic E-state index is 14.1. The van der Waals surface area contributed by atoms with Gasteiger partial charge >= 0.3 is 18.3 Å². The molecule has 0 radical (unpaired) electrons. The first-order valence-electron chi connectivity index (χ1n) is 16.1. The molecule has 1 heterocycles. The van der Waals surface area contributed by atoms with Crippen LogP contribution < -0.4 is 16.0 Å². The lowest BCUT2D eigenvalue weighted by Crippen LogP contribution is -2.63. The maximum atomic E-state index is 14.1. The lowest BCUT2D eigenvalue weighted by Gasteiger charge is -2.42. The number of hydrogen-bond donors (Lipinski definition) is 4. The molecule has 1 saturated heterocycles. The Balaban J connectivity index is 1.20. The molecule has 4 atom stereocenters. The van der Waals surface area contributed by atoms with Crippen molar-refractivity contribution in [3.8, 4) is 0 Å². The third kappa shape index (κ3) is 6.67. The fourth-order valence-corrected chi connectivity index (χ4v) is 7.26. The number of fused-ring (bicyclic) bond motifs is 1. The number of anilines is 1. The monoisotopic (exact) mass is 642 g/mol. The zero-order valence-corrected chi connectivity index (χ0v) is 26.0. The van der Waals surface area contributed by atoms with Gasteiger partial charge in [-0.1, -0.05) is 50.2 Å². The standard InChI is InChI=1S/C34H41F3N4O5/c1-19(2)26-17-41(31(44)39-26)33(30(43)34(35,36)37)15-23-12-13-25(14-24(23)16-33)38-29(42)28(27(21-8-9-21)22-10-11-22)40-32(45)46-18-20-6-4-3-5-7-20/h3-7,12-14,19,21-22,26-28,30,43H,8-11,15-18H2,1-2H3,(H,38,42)(H,39,44)(H,40,45)/t26-,28-,30?,33?/m0/s1. The number of halogens is 3. The summed E-state index contributed by atoms with van der Waals surface area (Å²) in [6.45, 7) is 3.85. The van der Waals surface area contributed by atoms with E-state index in [0.717, 1.165) is 36.1 Å². The normalized spacial score (nSPS) is 24.0. The van der Waals surface area contributed by atoms with Crippen LogP contribution in [0.3, 0.4) is 0 Å². The highest BCUT2D eigenvalue weighted by Gasteiger charge is 2.60.